The molecule has 4 aromatic rings. The Hall–Kier alpha value is -3.54. The lowest BCUT2D eigenvalue weighted by Crippen LogP contribution is -2.32. The molecule has 1 atom stereocenters. The fourth-order valence-corrected chi connectivity index (χ4v) is 5.44. The number of rotatable bonds is 8. The first-order valence-corrected chi connectivity index (χ1v) is 13.5. The third kappa shape index (κ3) is 4.90. The number of nitrogens with zero attached hydrogens (tertiary/aromatic N) is 4. The van der Waals surface area contributed by atoms with Crippen LogP contribution in [0, 0.1) is 0 Å². The van der Waals surface area contributed by atoms with Crippen LogP contribution in [0.1, 0.15) is 31.4 Å². The van der Waals surface area contributed by atoms with E-state index in [1.54, 1.807) is 12.1 Å². The van der Waals surface area contributed by atoms with Gasteiger partial charge in [0, 0.05) is 18.7 Å². The van der Waals surface area contributed by atoms with Crippen molar-refractivity contribution in [1.82, 2.24) is 29.8 Å². The first-order chi connectivity index (χ1) is 17.5. The molecule has 1 saturated heterocycles. The molecule has 2 aromatic carbocycles. The zero-order chi connectivity index (χ0) is 25.1. The van der Waals surface area contributed by atoms with Crippen molar-refractivity contribution >= 4 is 26.9 Å². The molecule has 0 amide bonds. The van der Waals surface area contributed by atoms with E-state index in [-0.39, 0.29) is 17.5 Å². The summed E-state index contributed by atoms with van der Waals surface area (Å²) in [7, 11) is -3.66. The summed E-state index contributed by atoms with van der Waals surface area (Å²) in [6, 6.07) is 14.1. The van der Waals surface area contributed by atoms with Crippen LogP contribution in [0.4, 0.5) is 5.82 Å². The maximum absolute atomic E-state index is 12.7. The summed E-state index contributed by atoms with van der Waals surface area (Å²) >= 11 is 0. The van der Waals surface area contributed by atoms with E-state index in [9.17, 15) is 8.42 Å². The molecule has 1 aliphatic rings. The quantitative estimate of drug-likeness (QED) is 0.331. The van der Waals surface area contributed by atoms with Crippen LogP contribution in [0.3, 0.4) is 0 Å². The zero-order valence-electron chi connectivity index (χ0n) is 20.0. The van der Waals surface area contributed by atoms with E-state index in [0.29, 0.717) is 18.2 Å². The summed E-state index contributed by atoms with van der Waals surface area (Å²) in [5.41, 5.74) is 9.36. The van der Waals surface area contributed by atoms with E-state index in [4.69, 9.17) is 15.6 Å². The van der Waals surface area contributed by atoms with Gasteiger partial charge in [-0.25, -0.2) is 27.8 Å². The highest BCUT2D eigenvalue weighted by Gasteiger charge is 2.23. The molecule has 11 heteroatoms. The molecule has 1 aliphatic heterocycles. The number of anilines is 1. The summed E-state index contributed by atoms with van der Waals surface area (Å²) in [4.78, 5) is 8.85. The van der Waals surface area contributed by atoms with Crippen molar-refractivity contribution in [3.05, 3.63) is 60.4 Å². The van der Waals surface area contributed by atoms with Crippen molar-refractivity contribution in [2.45, 2.75) is 37.2 Å². The number of fused-ring (bicyclic) bond motifs is 1. The molecule has 0 saturated carbocycles. The molecule has 5 rings (SSSR count). The van der Waals surface area contributed by atoms with Crippen LogP contribution in [-0.2, 0) is 16.6 Å². The molecular formula is C25H29N7O3S. The van der Waals surface area contributed by atoms with Crippen molar-refractivity contribution in [3.8, 4) is 17.0 Å². The molecule has 1 fully saturated rings. The van der Waals surface area contributed by atoms with Gasteiger partial charge in [-0.05, 0) is 56.1 Å². The van der Waals surface area contributed by atoms with Crippen LogP contribution >= 0.6 is 0 Å². The van der Waals surface area contributed by atoms with Crippen LogP contribution in [-0.4, -0.2) is 47.9 Å². The summed E-state index contributed by atoms with van der Waals surface area (Å²) in [6.07, 6.45) is 3.55. The summed E-state index contributed by atoms with van der Waals surface area (Å²) < 4.78 is 35.4. The van der Waals surface area contributed by atoms with Gasteiger partial charge in [0.25, 0.3) is 0 Å². The first-order valence-electron chi connectivity index (χ1n) is 12.0. The van der Waals surface area contributed by atoms with Gasteiger partial charge in [0.1, 0.15) is 23.6 Å². The topological polar surface area (TPSA) is 137 Å². The minimum absolute atomic E-state index is 0.157. The number of hydrogen-bond donors (Lipinski definition) is 3. The second-order valence-electron chi connectivity index (χ2n) is 8.68. The second-order valence-corrected chi connectivity index (χ2v) is 10.4. The lowest BCUT2D eigenvalue weighted by atomic mass is 10.1. The van der Waals surface area contributed by atoms with Crippen molar-refractivity contribution < 1.29 is 13.2 Å². The number of aromatic nitrogens is 4. The van der Waals surface area contributed by atoms with Crippen molar-refractivity contribution in [2.75, 3.05) is 25.4 Å². The Morgan fingerprint density at radius 1 is 1.14 bits per heavy atom. The van der Waals surface area contributed by atoms with E-state index in [2.05, 4.69) is 20.0 Å². The largest absolute Gasteiger partial charge is 0.494 e. The predicted octanol–water partition coefficient (Wildman–Crippen LogP) is 2.88. The van der Waals surface area contributed by atoms with Gasteiger partial charge < -0.3 is 15.8 Å². The minimum atomic E-state index is -3.66. The Balaban J connectivity index is 1.36. The molecular weight excluding hydrogens is 478 g/mol. The molecule has 188 valence electrons. The third-order valence-electron chi connectivity index (χ3n) is 6.27. The lowest BCUT2D eigenvalue weighted by Gasteiger charge is -2.23. The van der Waals surface area contributed by atoms with Crippen LogP contribution in [0.2, 0.25) is 0 Å². The van der Waals surface area contributed by atoms with Crippen molar-refractivity contribution in [3.63, 3.8) is 0 Å². The van der Waals surface area contributed by atoms with E-state index in [0.717, 1.165) is 53.8 Å². The van der Waals surface area contributed by atoms with Crippen LogP contribution < -0.4 is 20.5 Å². The van der Waals surface area contributed by atoms with Crippen LogP contribution in [0.15, 0.2) is 59.8 Å². The summed E-state index contributed by atoms with van der Waals surface area (Å²) in [6.45, 7) is 4.39. The minimum Gasteiger partial charge on any atom is -0.494 e. The molecule has 2 aromatic heterocycles. The molecule has 0 aliphatic carbocycles. The van der Waals surface area contributed by atoms with Gasteiger partial charge in [0.05, 0.1) is 22.9 Å². The fraction of sp³-hybridized carbons (Fsp3) is 0.320. The number of sulfonamides is 1. The van der Waals surface area contributed by atoms with E-state index < -0.39 is 10.0 Å². The average molecular weight is 508 g/mol. The maximum Gasteiger partial charge on any atom is 0.240 e. The average Bonchev–Trinajstić information content (AvgIpc) is 3.30. The summed E-state index contributed by atoms with van der Waals surface area (Å²) in [5.74, 6) is 1.02. The molecule has 3 heterocycles. The van der Waals surface area contributed by atoms with Gasteiger partial charge in [0.15, 0.2) is 5.65 Å². The highest BCUT2D eigenvalue weighted by molar-refractivity contribution is 7.89. The Morgan fingerprint density at radius 3 is 2.61 bits per heavy atom. The summed E-state index contributed by atoms with van der Waals surface area (Å²) in [5, 5.41) is 9.04. The molecule has 10 nitrogen and oxygen atoms in total. The van der Waals surface area contributed by atoms with E-state index in [1.165, 1.54) is 18.5 Å². The van der Waals surface area contributed by atoms with Gasteiger partial charge >= 0.3 is 0 Å². The molecule has 4 N–H and O–H groups in total. The number of ether oxygens (including phenoxy) is 1. The Kier molecular flexibility index (Phi) is 6.86. The van der Waals surface area contributed by atoms with Gasteiger partial charge in [-0.1, -0.05) is 24.3 Å². The smallest absolute Gasteiger partial charge is 0.240 e. The number of nitrogens with two attached hydrogens (primary N) is 1. The van der Waals surface area contributed by atoms with E-state index >= 15 is 0 Å². The highest BCUT2D eigenvalue weighted by atomic mass is 32.2. The molecule has 0 spiro atoms. The van der Waals surface area contributed by atoms with Crippen molar-refractivity contribution in [1.29, 1.82) is 0 Å². The standard InChI is InChI=1S/C25H29N7O3S/c1-2-35-20-9-11-21(12-10-20)36(33,34)30-14-17-5-7-18(8-6-17)23-22-24(26)28-16-29-25(22)32(31-23)19-4-3-13-27-15-19/h5-12,16,19,27,30H,2-4,13-15H2,1H3,(H2,26,28,29). The molecule has 1 unspecified atom stereocenters. The fourth-order valence-electron chi connectivity index (χ4n) is 4.42. The van der Waals surface area contributed by atoms with Crippen LogP contribution in [0.5, 0.6) is 5.75 Å². The normalized spacial score (nSPS) is 16.3. The molecule has 0 radical (unpaired) electrons. The van der Waals surface area contributed by atoms with Gasteiger partial charge in [-0.3, -0.25) is 0 Å². The maximum atomic E-state index is 12.7. The SMILES string of the molecule is CCOc1ccc(S(=O)(=O)NCc2ccc(-c3nn(C4CCCNC4)c4ncnc(N)c34)cc2)cc1. The zero-order valence-corrected chi connectivity index (χ0v) is 20.8. The lowest BCUT2D eigenvalue weighted by molar-refractivity contribution is 0.340. The van der Waals surface area contributed by atoms with Crippen molar-refractivity contribution in [2.24, 2.45) is 0 Å². The first kappa shape index (κ1) is 24.2. The molecule has 36 heavy (non-hydrogen) atoms. The monoisotopic (exact) mass is 507 g/mol. The van der Waals surface area contributed by atoms with Gasteiger partial charge in [-0.2, -0.15) is 5.10 Å². The number of hydrogen-bond acceptors (Lipinski definition) is 8. The Labute approximate surface area is 210 Å². The number of nitrogen functional groups attached to an aromatic ring is 1. The predicted molar refractivity (Wildman–Crippen MR) is 138 cm³/mol. The molecule has 0 bridgehead atoms. The van der Waals surface area contributed by atoms with E-state index in [1.807, 2.05) is 35.9 Å². The third-order valence-corrected chi connectivity index (χ3v) is 7.69. The Bertz CT molecular complexity index is 1450. The Morgan fingerprint density at radius 2 is 1.92 bits per heavy atom. The second kappa shape index (κ2) is 10.2. The van der Waals surface area contributed by atoms with Crippen LogP contribution in [0.25, 0.3) is 22.3 Å². The number of benzene rings is 2. The van der Waals surface area contributed by atoms with Gasteiger partial charge in [-0.15, -0.1) is 0 Å². The highest BCUT2D eigenvalue weighted by Crippen LogP contribution is 2.33. The number of nitrogens with one attached hydrogen (secondary N) is 2. The number of piperidine rings is 1. The van der Waals surface area contributed by atoms with Gasteiger partial charge in [0.2, 0.25) is 10.0 Å².